The lowest BCUT2D eigenvalue weighted by Crippen LogP contribution is -3.15. The molecule has 6 heteroatoms. The van der Waals surface area contributed by atoms with Crippen LogP contribution in [0, 0.1) is 0 Å². The number of quaternary nitrogens is 1. The van der Waals surface area contributed by atoms with Crippen LogP contribution >= 0.6 is 11.3 Å². The lowest BCUT2D eigenvalue weighted by molar-refractivity contribution is -0.896. The lowest BCUT2D eigenvalue weighted by Gasteiger charge is -2.32. The van der Waals surface area contributed by atoms with Gasteiger partial charge in [-0.3, -0.25) is 9.59 Å². The molecule has 2 heterocycles. The van der Waals surface area contributed by atoms with E-state index in [1.54, 1.807) is 0 Å². The number of benzene rings is 1. The Morgan fingerprint density at radius 2 is 1.96 bits per heavy atom. The van der Waals surface area contributed by atoms with Crippen molar-refractivity contribution in [3.8, 4) is 0 Å². The van der Waals surface area contributed by atoms with Gasteiger partial charge in [-0.1, -0.05) is 30.3 Å². The van der Waals surface area contributed by atoms with E-state index in [0.717, 1.165) is 37.2 Å². The fourth-order valence-electron chi connectivity index (χ4n) is 4.14. The van der Waals surface area contributed by atoms with Crippen molar-refractivity contribution in [2.45, 2.75) is 25.3 Å². The summed E-state index contributed by atoms with van der Waals surface area (Å²) >= 11 is 1.49. The first-order valence-electron chi connectivity index (χ1n) is 9.74. The van der Waals surface area contributed by atoms with Crippen molar-refractivity contribution in [2.24, 2.45) is 0 Å². The van der Waals surface area contributed by atoms with Crippen LogP contribution in [0.25, 0.3) is 0 Å². The van der Waals surface area contributed by atoms with Crippen LogP contribution < -0.4 is 10.2 Å². The normalized spacial score (nSPS) is 20.1. The van der Waals surface area contributed by atoms with Crippen molar-refractivity contribution in [3.63, 3.8) is 0 Å². The third kappa shape index (κ3) is 4.22. The molecule has 1 aromatic heterocycles. The van der Waals surface area contributed by atoms with Gasteiger partial charge in [0.05, 0.1) is 37.1 Å². The Balaban J connectivity index is 1.27. The lowest BCUT2D eigenvalue weighted by atomic mass is 9.88. The van der Waals surface area contributed by atoms with Crippen LogP contribution in [0.3, 0.4) is 0 Å². The van der Waals surface area contributed by atoms with E-state index in [0.29, 0.717) is 19.6 Å². The molecule has 2 amide bonds. The third-order valence-corrected chi connectivity index (χ3v) is 6.46. The van der Waals surface area contributed by atoms with Crippen LogP contribution in [0.2, 0.25) is 0 Å². The maximum atomic E-state index is 12.6. The number of nitrogens with one attached hydrogen (secondary N) is 2. The van der Waals surface area contributed by atoms with Gasteiger partial charge in [-0.05, 0) is 41.8 Å². The van der Waals surface area contributed by atoms with E-state index >= 15 is 0 Å². The molecule has 1 aliphatic heterocycles. The van der Waals surface area contributed by atoms with Crippen molar-refractivity contribution in [1.29, 1.82) is 0 Å². The molecule has 1 aromatic carbocycles. The smallest absolute Gasteiger partial charge is 0.275 e. The van der Waals surface area contributed by atoms with Crippen LogP contribution in [0.4, 0.5) is 0 Å². The average Bonchev–Trinajstić information content (AvgIpc) is 3.23. The number of piperazine rings is 1. The van der Waals surface area contributed by atoms with Gasteiger partial charge in [0.1, 0.15) is 0 Å². The highest BCUT2D eigenvalue weighted by atomic mass is 32.1. The molecular weight excluding hydrogens is 358 g/mol. The van der Waals surface area contributed by atoms with Gasteiger partial charge in [0, 0.05) is 0 Å². The molecule has 142 valence electrons. The highest BCUT2D eigenvalue weighted by Crippen LogP contribution is 2.29. The summed E-state index contributed by atoms with van der Waals surface area (Å²) in [5.41, 5.74) is 2.64. The van der Waals surface area contributed by atoms with E-state index in [1.807, 2.05) is 22.4 Å². The predicted octanol–water partition coefficient (Wildman–Crippen LogP) is 1.28. The van der Waals surface area contributed by atoms with Gasteiger partial charge in [-0.2, -0.15) is 0 Å². The molecule has 27 heavy (non-hydrogen) atoms. The summed E-state index contributed by atoms with van der Waals surface area (Å²) in [7, 11) is 0. The van der Waals surface area contributed by atoms with E-state index in [4.69, 9.17) is 0 Å². The molecule has 4 rings (SSSR count). The average molecular weight is 385 g/mol. The SMILES string of the molecule is O=C(C[NH+]1CCN(C(=O)c2cccs2)CC1)N[C@@H]1CCCc2ccccc21. The second-order valence-electron chi connectivity index (χ2n) is 7.41. The number of fused-ring (bicyclic) bond motifs is 1. The van der Waals surface area contributed by atoms with Crippen molar-refractivity contribution < 1.29 is 14.5 Å². The molecule has 0 unspecified atom stereocenters. The molecule has 1 saturated heterocycles. The number of carbonyl (C=O) groups is 2. The van der Waals surface area contributed by atoms with E-state index in [9.17, 15) is 9.59 Å². The predicted molar refractivity (Wildman–Crippen MR) is 106 cm³/mol. The van der Waals surface area contributed by atoms with E-state index < -0.39 is 0 Å². The molecule has 0 saturated carbocycles. The molecule has 1 fully saturated rings. The highest BCUT2D eigenvalue weighted by Gasteiger charge is 2.28. The number of carbonyl (C=O) groups excluding carboxylic acids is 2. The highest BCUT2D eigenvalue weighted by molar-refractivity contribution is 7.12. The molecular formula is C21H26N3O2S+. The van der Waals surface area contributed by atoms with Gasteiger partial charge in [-0.15, -0.1) is 11.3 Å². The van der Waals surface area contributed by atoms with E-state index in [-0.39, 0.29) is 17.9 Å². The fourth-order valence-corrected chi connectivity index (χ4v) is 4.83. The number of hydrogen-bond donors (Lipinski definition) is 2. The minimum absolute atomic E-state index is 0.115. The number of aryl methyl sites for hydroxylation is 1. The first-order valence-corrected chi connectivity index (χ1v) is 10.6. The first kappa shape index (κ1) is 18.2. The van der Waals surface area contributed by atoms with Gasteiger partial charge in [-0.25, -0.2) is 0 Å². The molecule has 5 nitrogen and oxygen atoms in total. The summed E-state index contributed by atoms with van der Waals surface area (Å²) in [6, 6.07) is 12.4. The fraction of sp³-hybridized carbons (Fsp3) is 0.429. The standard InChI is InChI=1S/C21H25N3O2S/c25-20(22-18-8-3-6-16-5-1-2-7-17(16)18)15-23-10-12-24(13-11-23)21(26)19-9-4-14-27-19/h1-2,4-5,7,9,14,18H,3,6,8,10-13,15H2,(H,22,25)/p+1/t18-/m1/s1. The molecule has 0 radical (unpaired) electrons. The molecule has 0 bridgehead atoms. The zero-order valence-corrected chi connectivity index (χ0v) is 16.3. The Bertz CT molecular complexity index is 798. The number of amides is 2. The van der Waals surface area contributed by atoms with Gasteiger partial charge < -0.3 is 15.1 Å². The van der Waals surface area contributed by atoms with Gasteiger partial charge in [0.2, 0.25) is 0 Å². The van der Waals surface area contributed by atoms with Crippen molar-refractivity contribution in [3.05, 3.63) is 57.8 Å². The van der Waals surface area contributed by atoms with Crippen molar-refractivity contribution in [2.75, 3.05) is 32.7 Å². The van der Waals surface area contributed by atoms with Crippen LogP contribution in [-0.2, 0) is 11.2 Å². The second-order valence-corrected chi connectivity index (χ2v) is 8.36. The number of nitrogens with zero attached hydrogens (tertiary/aromatic N) is 1. The molecule has 0 spiro atoms. The van der Waals surface area contributed by atoms with Crippen LogP contribution in [0.15, 0.2) is 41.8 Å². The summed E-state index contributed by atoms with van der Waals surface area (Å²) in [4.78, 5) is 29.0. The topological polar surface area (TPSA) is 53.9 Å². The summed E-state index contributed by atoms with van der Waals surface area (Å²) in [5.74, 6) is 0.233. The minimum atomic E-state index is 0.115. The van der Waals surface area contributed by atoms with E-state index in [1.165, 1.54) is 27.4 Å². The summed E-state index contributed by atoms with van der Waals surface area (Å²) in [6.07, 6.45) is 3.24. The minimum Gasteiger partial charge on any atom is -0.344 e. The Labute approximate surface area is 164 Å². The van der Waals surface area contributed by atoms with Gasteiger partial charge >= 0.3 is 0 Å². The van der Waals surface area contributed by atoms with Crippen LogP contribution in [0.1, 0.15) is 39.7 Å². The van der Waals surface area contributed by atoms with Crippen molar-refractivity contribution >= 4 is 23.2 Å². The first-order chi connectivity index (χ1) is 13.2. The number of hydrogen-bond acceptors (Lipinski definition) is 3. The molecule has 1 aliphatic carbocycles. The monoisotopic (exact) mass is 384 g/mol. The zero-order valence-electron chi connectivity index (χ0n) is 15.4. The largest absolute Gasteiger partial charge is 0.344 e. The number of rotatable bonds is 4. The Morgan fingerprint density at radius 1 is 1.15 bits per heavy atom. The molecule has 1 atom stereocenters. The van der Waals surface area contributed by atoms with Gasteiger partial charge in [0.15, 0.2) is 6.54 Å². The molecule has 2 N–H and O–H groups in total. The van der Waals surface area contributed by atoms with Crippen molar-refractivity contribution in [1.82, 2.24) is 10.2 Å². The molecule has 2 aromatic rings. The maximum Gasteiger partial charge on any atom is 0.275 e. The van der Waals surface area contributed by atoms with Gasteiger partial charge in [0.25, 0.3) is 11.8 Å². The quantitative estimate of drug-likeness (QED) is 0.835. The summed E-state index contributed by atoms with van der Waals surface area (Å²) in [6.45, 7) is 3.56. The zero-order chi connectivity index (χ0) is 18.6. The Morgan fingerprint density at radius 3 is 2.74 bits per heavy atom. The Kier molecular flexibility index (Phi) is 5.55. The van der Waals surface area contributed by atoms with Crippen LogP contribution in [-0.4, -0.2) is 49.4 Å². The summed E-state index contributed by atoms with van der Waals surface area (Å²) in [5, 5.41) is 5.17. The summed E-state index contributed by atoms with van der Waals surface area (Å²) < 4.78 is 0. The van der Waals surface area contributed by atoms with Crippen LogP contribution in [0.5, 0.6) is 0 Å². The molecule has 2 aliphatic rings. The van der Waals surface area contributed by atoms with E-state index in [2.05, 4.69) is 29.6 Å². The maximum absolute atomic E-state index is 12.6. The number of thiophene rings is 1. The second kappa shape index (κ2) is 8.23. The third-order valence-electron chi connectivity index (χ3n) is 5.60. The Hall–Kier alpha value is -2.18.